The van der Waals surface area contributed by atoms with E-state index in [0.29, 0.717) is 0 Å². The number of sulfonamides is 1. The van der Waals surface area contributed by atoms with Gasteiger partial charge >= 0.3 is 0 Å². The minimum Gasteiger partial charge on any atom is -0.495 e. The van der Waals surface area contributed by atoms with Crippen molar-refractivity contribution in [3.63, 3.8) is 0 Å². The van der Waals surface area contributed by atoms with Crippen molar-refractivity contribution in [1.29, 1.82) is 0 Å². The molecule has 1 heterocycles. The molecule has 0 aromatic carbocycles. The van der Waals surface area contributed by atoms with Crippen LogP contribution in [0.15, 0.2) is 11.2 Å². The number of halogens is 2. The molecule has 16 heavy (non-hydrogen) atoms. The van der Waals surface area contributed by atoms with Gasteiger partial charge in [-0.1, -0.05) is 0 Å². The van der Waals surface area contributed by atoms with Crippen LogP contribution in [0.4, 0.5) is 8.78 Å². The summed E-state index contributed by atoms with van der Waals surface area (Å²) in [5.74, 6) is -0.167. The number of aromatic nitrogens is 1. The third kappa shape index (κ3) is 2.27. The third-order valence-corrected chi connectivity index (χ3v) is 2.95. The fourth-order valence-corrected chi connectivity index (χ4v) is 2.04. The van der Waals surface area contributed by atoms with Crippen molar-refractivity contribution in [1.82, 2.24) is 4.98 Å². The Morgan fingerprint density at radius 1 is 1.50 bits per heavy atom. The molecule has 1 aromatic rings. The van der Waals surface area contributed by atoms with Gasteiger partial charge in [0.25, 0.3) is 16.4 Å². The molecule has 8 heteroatoms. The Bertz CT molecular complexity index is 502. The lowest BCUT2D eigenvalue weighted by atomic mass is 10.1. The number of primary sulfonamides is 1. The van der Waals surface area contributed by atoms with Gasteiger partial charge in [0.1, 0.15) is 5.75 Å². The fraction of sp³-hybridized carbons (Fsp3) is 0.375. The molecule has 0 aliphatic rings. The van der Waals surface area contributed by atoms with Gasteiger partial charge in [0.15, 0.2) is 5.03 Å². The van der Waals surface area contributed by atoms with Crippen LogP contribution in [0.3, 0.4) is 0 Å². The summed E-state index contributed by atoms with van der Waals surface area (Å²) in [7, 11) is -2.92. The quantitative estimate of drug-likeness (QED) is 0.869. The number of ether oxygens (including phenoxy) is 1. The number of nitrogens with zero attached hydrogens (tertiary/aromatic N) is 1. The zero-order valence-electron chi connectivity index (χ0n) is 8.57. The van der Waals surface area contributed by atoms with Crippen LogP contribution in [0.5, 0.6) is 5.75 Å². The Morgan fingerprint density at radius 2 is 2.06 bits per heavy atom. The number of alkyl halides is 2. The molecule has 2 N–H and O–H groups in total. The average molecular weight is 252 g/mol. The van der Waals surface area contributed by atoms with Crippen molar-refractivity contribution in [3.05, 3.63) is 17.3 Å². The Balaban J connectivity index is 3.57. The van der Waals surface area contributed by atoms with Crippen molar-refractivity contribution < 1.29 is 21.9 Å². The fourth-order valence-electron chi connectivity index (χ4n) is 1.30. The summed E-state index contributed by atoms with van der Waals surface area (Å²) >= 11 is 0. The number of pyridine rings is 1. The lowest BCUT2D eigenvalue weighted by molar-refractivity contribution is 0.145. The standard InChI is InChI=1S/C8H10F2N2O3S/c1-4-6(7(9)10)5(15-2)3-12-8(4)16(11,13)14/h3,7H,1-2H3,(H2,11,13,14). The van der Waals surface area contributed by atoms with E-state index in [1.54, 1.807) is 0 Å². The molecule has 0 radical (unpaired) electrons. The SMILES string of the molecule is COc1cnc(S(N)(=O)=O)c(C)c1C(F)F. The summed E-state index contributed by atoms with van der Waals surface area (Å²) in [6, 6.07) is 0. The number of hydrogen-bond donors (Lipinski definition) is 1. The lowest BCUT2D eigenvalue weighted by Gasteiger charge is -2.12. The molecule has 0 fully saturated rings. The molecule has 0 aliphatic carbocycles. The van der Waals surface area contributed by atoms with Crippen molar-refractivity contribution in [3.8, 4) is 5.75 Å². The number of rotatable bonds is 3. The van der Waals surface area contributed by atoms with Crippen LogP contribution in [-0.4, -0.2) is 20.5 Å². The summed E-state index contributed by atoms with van der Waals surface area (Å²) in [6.45, 7) is 1.21. The molecule has 0 spiro atoms. The summed E-state index contributed by atoms with van der Waals surface area (Å²) < 4.78 is 52.2. The highest BCUT2D eigenvalue weighted by Crippen LogP contribution is 2.33. The van der Waals surface area contributed by atoms with E-state index >= 15 is 0 Å². The van der Waals surface area contributed by atoms with Crippen molar-refractivity contribution in [2.75, 3.05) is 7.11 Å². The van der Waals surface area contributed by atoms with Gasteiger partial charge in [-0.05, 0) is 6.92 Å². The smallest absolute Gasteiger partial charge is 0.267 e. The van der Waals surface area contributed by atoms with Crippen LogP contribution >= 0.6 is 0 Å². The second-order valence-electron chi connectivity index (χ2n) is 3.02. The molecular formula is C8H10F2N2O3S. The van der Waals surface area contributed by atoms with Crippen molar-refractivity contribution in [2.45, 2.75) is 18.4 Å². The molecule has 0 saturated heterocycles. The zero-order valence-corrected chi connectivity index (χ0v) is 9.38. The maximum atomic E-state index is 12.7. The van der Waals surface area contributed by atoms with E-state index < -0.39 is 27.0 Å². The zero-order chi connectivity index (χ0) is 12.5. The maximum Gasteiger partial charge on any atom is 0.267 e. The summed E-state index contributed by atoms with van der Waals surface area (Å²) in [4.78, 5) is 3.49. The first-order valence-electron chi connectivity index (χ1n) is 4.13. The summed E-state index contributed by atoms with van der Waals surface area (Å²) in [6.07, 6.45) is -1.95. The molecular weight excluding hydrogens is 242 g/mol. The van der Waals surface area contributed by atoms with Crippen LogP contribution in [-0.2, 0) is 10.0 Å². The van der Waals surface area contributed by atoms with Crippen LogP contribution in [0, 0.1) is 6.92 Å². The highest BCUT2D eigenvalue weighted by Gasteiger charge is 2.24. The van der Waals surface area contributed by atoms with Gasteiger partial charge in [0.2, 0.25) is 0 Å². The van der Waals surface area contributed by atoms with E-state index in [2.05, 4.69) is 9.72 Å². The van der Waals surface area contributed by atoms with E-state index in [9.17, 15) is 17.2 Å². The average Bonchev–Trinajstić information content (AvgIpc) is 2.14. The first-order valence-corrected chi connectivity index (χ1v) is 5.68. The van der Waals surface area contributed by atoms with Crippen molar-refractivity contribution >= 4 is 10.0 Å². The predicted molar refractivity (Wildman–Crippen MR) is 51.9 cm³/mol. The monoisotopic (exact) mass is 252 g/mol. The normalized spacial score (nSPS) is 11.9. The summed E-state index contributed by atoms with van der Waals surface area (Å²) in [5.41, 5.74) is -0.710. The van der Waals surface area contributed by atoms with E-state index in [-0.39, 0.29) is 11.3 Å². The van der Waals surface area contributed by atoms with E-state index in [0.717, 1.165) is 6.20 Å². The minimum atomic E-state index is -4.11. The van der Waals surface area contributed by atoms with Crippen LogP contribution in [0.1, 0.15) is 17.6 Å². The van der Waals surface area contributed by atoms with Crippen LogP contribution in [0.25, 0.3) is 0 Å². The third-order valence-electron chi connectivity index (χ3n) is 2.00. The van der Waals surface area contributed by atoms with E-state index in [1.807, 2.05) is 0 Å². The molecule has 5 nitrogen and oxygen atoms in total. The second kappa shape index (κ2) is 4.30. The predicted octanol–water partition coefficient (Wildman–Crippen LogP) is 0.984. The van der Waals surface area contributed by atoms with Crippen molar-refractivity contribution in [2.24, 2.45) is 5.14 Å². The first kappa shape index (κ1) is 12.8. The summed E-state index contributed by atoms with van der Waals surface area (Å²) in [5, 5.41) is 4.28. The molecule has 0 amide bonds. The van der Waals surface area contributed by atoms with Gasteiger partial charge < -0.3 is 4.74 Å². The Hall–Kier alpha value is -1.28. The molecule has 0 saturated carbocycles. The Labute approximate surface area is 91.3 Å². The highest BCUT2D eigenvalue weighted by atomic mass is 32.2. The van der Waals surface area contributed by atoms with E-state index in [1.165, 1.54) is 14.0 Å². The van der Waals surface area contributed by atoms with Crippen LogP contribution in [0.2, 0.25) is 0 Å². The highest BCUT2D eigenvalue weighted by molar-refractivity contribution is 7.89. The topological polar surface area (TPSA) is 82.3 Å². The lowest BCUT2D eigenvalue weighted by Crippen LogP contribution is -2.17. The maximum absolute atomic E-state index is 12.7. The Kier molecular flexibility index (Phi) is 3.44. The van der Waals surface area contributed by atoms with Gasteiger partial charge in [-0.2, -0.15) is 0 Å². The molecule has 90 valence electrons. The van der Waals surface area contributed by atoms with Gasteiger partial charge in [0, 0.05) is 5.56 Å². The molecule has 1 rings (SSSR count). The molecule has 0 aliphatic heterocycles. The largest absolute Gasteiger partial charge is 0.495 e. The van der Waals surface area contributed by atoms with Crippen LogP contribution < -0.4 is 9.88 Å². The molecule has 0 bridgehead atoms. The number of hydrogen-bond acceptors (Lipinski definition) is 4. The van der Waals surface area contributed by atoms with Gasteiger partial charge in [-0.3, -0.25) is 0 Å². The van der Waals surface area contributed by atoms with Gasteiger partial charge in [-0.15, -0.1) is 0 Å². The van der Waals surface area contributed by atoms with E-state index in [4.69, 9.17) is 5.14 Å². The minimum absolute atomic E-state index is 0.167. The number of methoxy groups -OCH3 is 1. The molecule has 0 atom stereocenters. The first-order chi connectivity index (χ1) is 7.29. The van der Waals surface area contributed by atoms with Gasteiger partial charge in [0.05, 0.1) is 18.9 Å². The molecule has 0 unspecified atom stereocenters. The Morgan fingerprint density at radius 3 is 2.44 bits per heavy atom. The second-order valence-corrected chi connectivity index (χ2v) is 4.49. The van der Waals surface area contributed by atoms with Gasteiger partial charge in [-0.25, -0.2) is 27.3 Å². The molecule has 1 aromatic heterocycles. The number of nitrogens with two attached hydrogens (primary N) is 1.